The molecule has 30 heavy (non-hydrogen) atoms. The molecule has 2 heterocycles. The van der Waals surface area contributed by atoms with Gasteiger partial charge >= 0.3 is 0 Å². The molecule has 0 spiro atoms. The number of ketones is 1. The van der Waals surface area contributed by atoms with E-state index in [0.29, 0.717) is 5.75 Å². The summed E-state index contributed by atoms with van der Waals surface area (Å²) in [6.07, 6.45) is 0. The fraction of sp³-hybridized carbons (Fsp3) is 0.208. The third-order valence-electron chi connectivity index (χ3n) is 5.14. The molecule has 0 radical (unpaired) electrons. The number of thioether (sulfide) groups is 1. The monoisotopic (exact) mass is 416 g/mol. The molecule has 5 nitrogen and oxygen atoms in total. The predicted octanol–water partition coefficient (Wildman–Crippen LogP) is 5.35. The summed E-state index contributed by atoms with van der Waals surface area (Å²) in [5.74, 6) is 1.25. The lowest BCUT2D eigenvalue weighted by Gasteiger charge is -2.09. The first kappa shape index (κ1) is 20.2. The Balaban J connectivity index is 1.55. The van der Waals surface area contributed by atoms with E-state index in [-0.39, 0.29) is 5.78 Å². The van der Waals surface area contributed by atoms with Crippen LogP contribution in [0.1, 0.15) is 28.7 Å². The summed E-state index contributed by atoms with van der Waals surface area (Å²) < 4.78 is 4.18. The highest BCUT2D eigenvalue weighted by atomic mass is 32.2. The summed E-state index contributed by atoms with van der Waals surface area (Å²) in [6.45, 7) is 6.84. The number of hydrogen-bond acceptors (Lipinski definition) is 4. The van der Waals surface area contributed by atoms with Gasteiger partial charge in [-0.15, -0.1) is 10.2 Å². The van der Waals surface area contributed by atoms with E-state index in [1.54, 1.807) is 0 Å². The largest absolute Gasteiger partial charge is 0.318 e. The highest BCUT2D eigenvalue weighted by Gasteiger charge is 2.19. The van der Waals surface area contributed by atoms with Gasteiger partial charge in [-0.25, -0.2) is 0 Å². The maximum absolute atomic E-state index is 13.0. The van der Waals surface area contributed by atoms with Crippen LogP contribution in [-0.4, -0.2) is 30.9 Å². The van der Waals surface area contributed by atoms with Gasteiger partial charge in [0.1, 0.15) is 0 Å². The zero-order valence-electron chi connectivity index (χ0n) is 17.4. The van der Waals surface area contributed by atoms with Crippen molar-refractivity contribution in [2.45, 2.75) is 32.5 Å². The highest BCUT2D eigenvalue weighted by molar-refractivity contribution is 7.99. The van der Waals surface area contributed by atoms with Crippen LogP contribution in [0, 0.1) is 13.8 Å². The zero-order valence-corrected chi connectivity index (χ0v) is 18.2. The van der Waals surface area contributed by atoms with Crippen LogP contribution in [0.3, 0.4) is 0 Å². The van der Waals surface area contributed by atoms with Crippen molar-refractivity contribution in [3.8, 4) is 17.1 Å². The quantitative estimate of drug-likeness (QED) is 0.301. The SMILES string of the molecule is CCn1c(SCC(=O)c2cc(C)n(-c3ccccc3)c2C)nnc1-c1ccccc1. The third kappa shape index (κ3) is 3.83. The Kier molecular flexibility index (Phi) is 5.86. The first-order chi connectivity index (χ1) is 14.6. The van der Waals surface area contributed by atoms with Crippen molar-refractivity contribution in [1.29, 1.82) is 0 Å². The van der Waals surface area contributed by atoms with E-state index in [2.05, 4.69) is 38.4 Å². The molecule has 2 aromatic heterocycles. The average Bonchev–Trinajstić information content (AvgIpc) is 3.33. The Morgan fingerprint density at radius 2 is 1.63 bits per heavy atom. The summed E-state index contributed by atoms with van der Waals surface area (Å²) in [5.41, 5.74) is 4.87. The van der Waals surface area contributed by atoms with Crippen LogP contribution in [-0.2, 0) is 6.54 Å². The van der Waals surface area contributed by atoms with Gasteiger partial charge in [-0.2, -0.15) is 0 Å². The Morgan fingerprint density at radius 1 is 0.967 bits per heavy atom. The summed E-state index contributed by atoms with van der Waals surface area (Å²) in [6, 6.07) is 22.1. The molecule has 0 saturated heterocycles. The van der Waals surface area contributed by atoms with Crippen molar-refractivity contribution in [2.24, 2.45) is 0 Å². The minimum absolute atomic E-state index is 0.0993. The standard InChI is InChI=1S/C24H24N4OS/c1-4-27-23(19-11-7-5-8-12-19)25-26-24(27)30-16-22(29)21-15-17(2)28(18(21)3)20-13-9-6-10-14-20/h5-15H,4,16H2,1-3H3. The first-order valence-corrected chi connectivity index (χ1v) is 11.0. The van der Waals surface area contributed by atoms with Crippen LogP contribution < -0.4 is 0 Å². The smallest absolute Gasteiger partial charge is 0.191 e. The van der Waals surface area contributed by atoms with Gasteiger partial charge in [0, 0.05) is 34.7 Å². The molecule has 152 valence electrons. The minimum atomic E-state index is 0.0993. The molecule has 0 saturated carbocycles. The minimum Gasteiger partial charge on any atom is -0.318 e. The maximum atomic E-state index is 13.0. The van der Waals surface area contributed by atoms with Crippen molar-refractivity contribution in [2.75, 3.05) is 5.75 Å². The van der Waals surface area contributed by atoms with Crippen LogP contribution >= 0.6 is 11.8 Å². The summed E-state index contributed by atoms with van der Waals surface area (Å²) in [4.78, 5) is 13.0. The second-order valence-electron chi connectivity index (χ2n) is 7.08. The van der Waals surface area contributed by atoms with Gasteiger partial charge in [-0.1, -0.05) is 60.3 Å². The van der Waals surface area contributed by atoms with Crippen molar-refractivity contribution < 1.29 is 4.79 Å². The van der Waals surface area contributed by atoms with Crippen LogP contribution in [0.2, 0.25) is 0 Å². The molecule has 0 aliphatic rings. The Hall–Kier alpha value is -3.12. The van der Waals surface area contributed by atoms with Crippen molar-refractivity contribution >= 4 is 17.5 Å². The Bertz CT molecular complexity index is 1160. The molecule has 0 aliphatic heterocycles. The number of aryl methyl sites for hydroxylation is 1. The van der Waals surface area contributed by atoms with Gasteiger partial charge < -0.3 is 9.13 Å². The van der Waals surface area contributed by atoms with Gasteiger partial charge in [0.15, 0.2) is 16.8 Å². The topological polar surface area (TPSA) is 52.7 Å². The summed E-state index contributed by atoms with van der Waals surface area (Å²) in [5, 5.41) is 9.47. The van der Waals surface area contributed by atoms with Crippen LogP contribution in [0.4, 0.5) is 0 Å². The van der Waals surface area contributed by atoms with Crippen molar-refractivity contribution in [3.63, 3.8) is 0 Å². The fourth-order valence-electron chi connectivity index (χ4n) is 3.71. The first-order valence-electron chi connectivity index (χ1n) is 9.99. The van der Waals surface area contributed by atoms with E-state index in [4.69, 9.17) is 0 Å². The van der Waals surface area contributed by atoms with Gasteiger partial charge in [0.2, 0.25) is 0 Å². The maximum Gasteiger partial charge on any atom is 0.191 e. The van der Waals surface area contributed by atoms with E-state index in [1.165, 1.54) is 11.8 Å². The molecular formula is C24H24N4OS. The number of Topliss-reactive ketones (excluding diaryl/α,β-unsaturated/α-hetero) is 1. The van der Waals surface area contributed by atoms with Gasteiger partial charge in [0.05, 0.1) is 5.75 Å². The lowest BCUT2D eigenvalue weighted by Crippen LogP contribution is -2.07. The lowest BCUT2D eigenvalue weighted by molar-refractivity contribution is 0.102. The number of benzene rings is 2. The predicted molar refractivity (Wildman–Crippen MR) is 121 cm³/mol. The van der Waals surface area contributed by atoms with Crippen LogP contribution in [0.25, 0.3) is 17.1 Å². The number of hydrogen-bond donors (Lipinski definition) is 0. The van der Waals surface area contributed by atoms with E-state index in [9.17, 15) is 4.79 Å². The van der Waals surface area contributed by atoms with E-state index in [0.717, 1.165) is 45.7 Å². The normalized spacial score (nSPS) is 11.0. The average molecular weight is 417 g/mol. The molecule has 0 N–H and O–H groups in total. The molecule has 0 amide bonds. The van der Waals surface area contributed by atoms with Gasteiger partial charge in [-0.05, 0) is 39.0 Å². The van der Waals surface area contributed by atoms with E-state index < -0.39 is 0 Å². The molecule has 0 aliphatic carbocycles. The Morgan fingerprint density at radius 3 is 2.30 bits per heavy atom. The fourth-order valence-corrected chi connectivity index (χ4v) is 4.59. The number of aromatic nitrogens is 4. The van der Waals surface area contributed by atoms with Crippen LogP contribution in [0.5, 0.6) is 0 Å². The van der Waals surface area contributed by atoms with Crippen molar-refractivity contribution in [3.05, 3.63) is 83.7 Å². The molecule has 2 aromatic carbocycles. The Labute approximate surface area is 180 Å². The molecule has 0 unspecified atom stereocenters. The summed E-state index contributed by atoms with van der Waals surface area (Å²) >= 11 is 1.44. The van der Waals surface area contributed by atoms with E-state index in [1.807, 2.05) is 68.4 Å². The molecule has 4 rings (SSSR count). The van der Waals surface area contributed by atoms with Crippen LogP contribution in [0.15, 0.2) is 71.9 Å². The second-order valence-corrected chi connectivity index (χ2v) is 8.03. The van der Waals surface area contributed by atoms with Gasteiger partial charge in [-0.3, -0.25) is 4.79 Å². The number of nitrogens with zero attached hydrogens (tertiary/aromatic N) is 4. The number of carbonyl (C=O) groups excluding carboxylic acids is 1. The molecule has 6 heteroatoms. The number of para-hydroxylation sites is 1. The van der Waals surface area contributed by atoms with Crippen molar-refractivity contribution in [1.82, 2.24) is 19.3 Å². The lowest BCUT2D eigenvalue weighted by atomic mass is 10.2. The number of rotatable bonds is 7. The molecule has 0 fully saturated rings. The molecule has 0 atom stereocenters. The molecule has 4 aromatic rings. The second kappa shape index (κ2) is 8.71. The molecule has 0 bridgehead atoms. The number of carbonyl (C=O) groups is 1. The zero-order chi connectivity index (χ0) is 21.1. The van der Waals surface area contributed by atoms with E-state index >= 15 is 0 Å². The third-order valence-corrected chi connectivity index (χ3v) is 6.11. The van der Waals surface area contributed by atoms with Gasteiger partial charge in [0.25, 0.3) is 0 Å². The molecular weight excluding hydrogens is 392 g/mol. The summed E-state index contributed by atoms with van der Waals surface area (Å²) in [7, 11) is 0. The highest BCUT2D eigenvalue weighted by Crippen LogP contribution is 2.26.